The highest BCUT2D eigenvalue weighted by Crippen LogP contribution is 2.13. The molecule has 0 amide bonds. The molecule has 1 aliphatic heterocycles. The molecule has 0 radical (unpaired) electrons. The molecule has 0 aliphatic carbocycles. The second-order valence-corrected chi connectivity index (χ2v) is 4.08. The van der Waals surface area contributed by atoms with Gasteiger partial charge >= 0.3 is 5.97 Å². The molecular formula is C11H20O5. The van der Waals surface area contributed by atoms with Crippen LogP contribution in [-0.2, 0) is 14.3 Å². The zero-order valence-electron chi connectivity index (χ0n) is 9.59. The van der Waals surface area contributed by atoms with Gasteiger partial charge < -0.3 is 19.7 Å². The van der Waals surface area contributed by atoms with Crippen LogP contribution < -0.4 is 0 Å². The summed E-state index contributed by atoms with van der Waals surface area (Å²) in [6.07, 6.45) is 0.432. The third kappa shape index (κ3) is 4.08. The number of aliphatic hydroxyl groups is 2. The fraction of sp³-hybridized carbons (Fsp3) is 0.909. The van der Waals surface area contributed by atoms with E-state index in [2.05, 4.69) is 6.92 Å². The van der Waals surface area contributed by atoms with E-state index < -0.39 is 18.3 Å². The van der Waals surface area contributed by atoms with Crippen molar-refractivity contribution >= 4 is 5.97 Å². The Balaban J connectivity index is 2.26. The summed E-state index contributed by atoms with van der Waals surface area (Å²) in [6, 6.07) is 0. The first-order valence-electron chi connectivity index (χ1n) is 5.78. The molecule has 5 nitrogen and oxygen atoms in total. The fourth-order valence-corrected chi connectivity index (χ4v) is 1.60. The summed E-state index contributed by atoms with van der Waals surface area (Å²) < 4.78 is 10.1. The number of ether oxygens (including phenoxy) is 2. The topological polar surface area (TPSA) is 76.0 Å². The van der Waals surface area contributed by atoms with Crippen LogP contribution in [0.3, 0.4) is 0 Å². The number of carbonyl (C=O) groups is 1. The standard InChI is InChI=1S/C11H20O5/c1-2-3-4-5-10(13)16-9-7-15-6-8(12)11(9)14/h8-9,11-12,14H,2-7H2,1H3/t8-,9+,11+/m0/s1. The molecule has 0 bridgehead atoms. The van der Waals surface area contributed by atoms with Crippen molar-refractivity contribution in [1.82, 2.24) is 0 Å². The Morgan fingerprint density at radius 1 is 1.38 bits per heavy atom. The SMILES string of the molecule is CCCCCC(=O)O[C@@H]1COC[C@H](O)[C@H]1O. The van der Waals surface area contributed by atoms with E-state index in [1.54, 1.807) is 0 Å². The van der Waals surface area contributed by atoms with Crippen LogP contribution in [0.4, 0.5) is 0 Å². The molecule has 16 heavy (non-hydrogen) atoms. The molecule has 1 rings (SSSR count). The number of esters is 1. The zero-order valence-corrected chi connectivity index (χ0v) is 9.59. The van der Waals surface area contributed by atoms with Gasteiger partial charge in [-0.2, -0.15) is 0 Å². The van der Waals surface area contributed by atoms with E-state index in [4.69, 9.17) is 9.47 Å². The molecule has 1 fully saturated rings. The Morgan fingerprint density at radius 3 is 2.81 bits per heavy atom. The van der Waals surface area contributed by atoms with Gasteiger partial charge in [0.1, 0.15) is 12.2 Å². The maximum atomic E-state index is 11.4. The summed E-state index contributed by atoms with van der Waals surface area (Å²) in [5.74, 6) is -0.338. The summed E-state index contributed by atoms with van der Waals surface area (Å²) in [5.41, 5.74) is 0. The number of rotatable bonds is 5. The molecule has 0 saturated carbocycles. The second-order valence-electron chi connectivity index (χ2n) is 4.08. The van der Waals surface area contributed by atoms with Gasteiger partial charge in [0.15, 0.2) is 6.10 Å². The highest BCUT2D eigenvalue weighted by molar-refractivity contribution is 5.69. The van der Waals surface area contributed by atoms with E-state index in [1.807, 2.05) is 0 Å². The highest BCUT2D eigenvalue weighted by Gasteiger charge is 2.33. The lowest BCUT2D eigenvalue weighted by molar-refractivity contribution is -0.185. The minimum Gasteiger partial charge on any atom is -0.457 e. The maximum absolute atomic E-state index is 11.4. The first-order chi connectivity index (χ1) is 7.65. The Morgan fingerprint density at radius 2 is 2.12 bits per heavy atom. The van der Waals surface area contributed by atoms with Gasteiger partial charge in [-0.1, -0.05) is 19.8 Å². The largest absolute Gasteiger partial charge is 0.457 e. The predicted molar refractivity (Wildman–Crippen MR) is 56.9 cm³/mol. The molecule has 5 heteroatoms. The molecule has 0 spiro atoms. The minimum atomic E-state index is -1.04. The van der Waals surface area contributed by atoms with Crippen LogP contribution >= 0.6 is 0 Å². The third-order valence-electron chi connectivity index (χ3n) is 2.61. The van der Waals surface area contributed by atoms with E-state index in [0.29, 0.717) is 6.42 Å². The number of hydrogen-bond donors (Lipinski definition) is 2. The number of unbranched alkanes of at least 4 members (excludes halogenated alkanes) is 2. The van der Waals surface area contributed by atoms with Gasteiger partial charge in [-0.25, -0.2) is 0 Å². The van der Waals surface area contributed by atoms with Crippen molar-refractivity contribution in [3.63, 3.8) is 0 Å². The molecule has 94 valence electrons. The molecule has 1 aliphatic rings. The average molecular weight is 232 g/mol. The smallest absolute Gasteiger partial charge is 0.306 e. The molecule has 0 aromatic rings. The van der Waals surface area contributed by atoms with Crippen molar-refractivity contribution < 1.29 is 24.5 Å². The van der Waals surface area contributed by atoms with Crippen LogP contribution in [0.2, 0.25) is 0 Å². The lowest BCUT2D eigenvalue weighted by atomic mass is 10.1. The van der Waals surface area contributed by atoms with Gasteiger partial charge in [-0.15, -0.1) is 0 Å². The molecule has 0 unspecified atom stereocenters. The normalized spacial score (nSPS) is 30.1. The monoisotopic (exact) mass is 232 g/mol. The van der Waals surface area contributed by atoms with Crippen molar-refractivity contribution in [2.45, 2.75) is 50.9 Å². The van der Waals surface area contributed by atoms with Crippen molar-refractivity contribution in [3.8, 4) is 0 Å². The van der Waals surface area contributed by atoms with Crippen LogP contribution in [0, 0.1) is 0 Å². The van der Waals surface area contributed by atoms with Crippen LogP contribution in [-0.4, -0.2) is 47.7 Å². The number of carbonyl (C=O) groups excluding carboxylic acids is 1. The highest BCUT2D eigenvalue weighted by atomic mass is 16.6. The molecule has 0 aromatic carbocycles. The van der Waals surface area contributed by atoms with E-state index in [1.165, 1.54) is 0 Å². The first-order valence-corrected chi connectivity index (χ1v) is 5.78. The van der Waals surface area contributed by atoms with E-state index in [9.17, 15) is 15.0 Å². The summed E-state index contributed by atoms with van der Waals surface area (Å²) in [6.45, 7) is 2.29. The third-order valence-corrected chi connectivity index (χ3v) is 2.61. The Labute approximate surface area is 95.4 Å². The summed E-state index contributed by atoms with van der Waals surface area (Å²) in [7, 11) is 0. The molecular weight excluding hydrogens is 212 g/mol. The summed E-state index contributed by atoms with van der Waals surface area (Å²) in [4.78, 5) is 11.4. The van der Waals surface area contributed by atoms with Gasteiger partial charge in [-0.3, -0.25) is 4.79 Å². The van der Waals surface area contributed by atoms with E-state index in [-0.39, 0.29) is 19.2 Å². The van der Waals surface area contributed by atoms with Crippen LogP contribution in [0.15, 0.2) is 0 Å². The van der Waals surface area contributed by atoms with Gasteiger partial charge in [0.05, 0.1) is 13.2 Å². The predicted octanol–water partition coefficient (Wildman–Crippen LogP) is 0.231. The van der Waals surface area contributed by atoms with Gasteiger partial charge in [-0.05, 0) is 6.42 Å². The van der Waals surface area contributed by atoms with Crippen LogP contribution in [0.5, 0.6) is 0 Å². The van der Waals surface area contributed by atoms with Crippen molar-refractivity contribution in [1.29, 1.82) is 0 Å². The Kier molecular flexibility index (Phi) is 5.73. The summed E-state index contributed by atoms with van der Waals surface area (Å²) in [5, 5.41) is 18.9. The van der Waals surface area contributed by atoms with E-state index >= 15 is 0 Å². The molecule has 2 N–H and O–H groups in total. The molecule has 3 atom stereocenters. The minimum absolute atomic E-state index is 0.0883. The molecule has 1 heterocycles. The van der Waals surface area contributed by atoms with Gasteiger partial charge in [0, 0.05) is 6.42 Å². The van der Waals surface area contributed by atoms with Crippen molar-refractivity contribution in [2.24, 2.45) is 0 Å². The van der Waals surface area contributed by atoms with Crippen LogP contribution in [0.25, 0.3) is 0 Å². The summed E-state index contributed by atoms with van der Waals surface area (Å²) >= 11 is 0. The molecule has 1 saturated heterocycles. The van der Waals surface area contributed by atoms with Gasteiger partial charge in [0.2, 0.25) is 0 Å². The number of aliphatic hydroxyl groups excluding tert-OH is 2. The lowest BCUT2D eigenvalue weighted by Crippen LogP contribution is -2.49. The number of hydrogen-bond acceptors (Lipinski definition) is 5. The lowest BCUT2D eigenvalue weighted by Gasteiger charge is -2.31. The fourth-order valence-electron chi connectivity index (χ4n) is 1.60. The van der Waals surface area contributed by atoms with Gasteiger partial charge in [0.25, 0.3) is 0 Å². The quantitative estimate of drug-likeness (QED) is 0.524. The Bertz CT molecular complexity index is 218. The van der Waals surface area contributed by atoms with Crippen molar-refractivity contribution in [3.05, 3.63) is 0 Å². The first kappa shape index (κ1) is 13.4. The average Bonchev–Trinajstić information content (AvgIpc) is 2.25. The van der Waals surface area contributed by atoms with E-state index in [0.717, 1.165) is 19.3 Å². The Hall–Kier alpha value is -0.650. The van der Waals surface area contributed by atoms with Crippen molar-refractivity contribution in [2.75, 3.05) is 13.2 Å². The van der Waals surface area contributed by atoms with Crippen LogP contribution in [0.1, 0.15) is 32.6 Å². The zero-order chi connectivity index (χ0) is 12.0. The second kappa shape index (κ2) is 6.83. The molecule has 0 aromatic heterocycles. The maximum Gasteiger partial charge on any atom is 0.306 e.